The van der Waals surface area contributed by atoms with Crippen LogP contribution in [-0.2, 0) is 34.8 Å². The average Bonchev–Trinajstić information content (AvgIpc) is 3.69. The average molecular weight is 619 g/mol. The fourth-order valence-corrected chi connectivity index (χ4v) is 5.77. The number of halogens is 2. The number of imide groups is 1. The molecule has 2 aliphatic heterocycles. The van der Waals surface area contributed by atoms with E-state index >= 15 is 4.39 Å². The maximum atomic E-state index is 15.5. The molecule has 0 unspecified atom stereocenters. The highest BCUT2D eigenvalue weighted by Crippen LogP contribution is 2.38. The predicted molar refractivity (Wildman–Crippen MR) is 155 cm³/mol. The van der Waals surface area contributed by atoms with Crippen LogP contribution in [0.3, 0.4) is 0 Å². The number of hydrogen-bond donors (Lipinski definition) is 2. The van der Waals surface area contributed by atoms with Gasteiger partial charge in [0, 0.05) is 25.0 Å². The van der Waals surface area contributed by atoms with Crippen LogP contribution in [0.15, 0.2) is 59.0 Å². The highest BCUT2D eigenvalue weighted by atomic mass is 19.1. The molecule has 1 aromatic heterocycles. The van der Waals surface area contributed by atoms with E-state index in [9.17, 15) is 23.6 Å². The highest BCUT2D eigenvalue weighted by Gasteiger charge is 2.55. The largest absolute Gasteiger partial charge is 0.494 e. The van der Waals surface area contributed by atoms with Crippen LogP contribution >= 0.6 is 0 Å². The lowest BCUT2D eigenvalue weighted by molar-refractivity contribution is -0.137. The monoisotopic (exact) mass is 618 g/mol. The summed E-state index contributed by atoms with van der Waals surface area (Å²) in [5, 5.41) is 5.57. The molecule has 4 amide bonds. The van der Waals surface area contributed by atoms with Gasteiger partial charge in [0.15, 0.2) is 34.8 Å². The van der Waals surface area contributed by atoms with E-state index in [1.54, 1.807) is 18.0 Å². The molecule has 0 radical (unpaired) electrons. The van der Waals surface area contributed by atoms with E-state index in [0.29, 0.717) is 22.8 Å². The minimum atomic E-state index is -1.87. The van der Waals surface area contributed by atoms with Gasteiger partial charge in [0.05, 0.1) is 24.8 Å². The zero-order chi connectivity index (χ0) is 31.9. The van der Waals surface area contributed by atoms with Gasteiger partial charge in [0.25, 0.3) is 11.8 Å². The molecule has 0 saturated carbocycles. The molecule has 4 aromatic rings. The van der Waals surface area contributed by atoms with Crippen LogP contribution in [0.5, 0.6) is 5.75 Å². The number of nitrogens with one attached hydrogen (secondary N) is 2. The van der Waals surface area contributed by atoms with Gasteiger partial charge in [-0.25, -0.2) is 18.5 Å². The Morgan fingerprint density at radius 2 is 1.87 bits per heavy atom. The van der Waals surface area contributed by atoms with E-state index in [1.165, 1.54) is 25.3 Å². The molecule has 0 spiro atoms. The first-order valence-corrected chi connectivity index (χ1v) is 13.9. The van der Waals surface area contributed by atoms with E-state index in [1.807, 2.05) is 30.3 Å². The van der Waals surface area contributed by atoms with Gasteiger partial charge in [-0.3, -0.25) is 19.3 Å². The molecule has 6 rings (SSSR count). The Morgan fingerprint density at radius 3 is 2.60 bits per heavy atom. The molecule has 45 heavy (non-hydrogen) atoms. The first-order chi connectivity index (χ1) is 21.7. The summed E-state index contributed by atoms with van der Waals surface area (Å²) < 4.78 is 46.9. The highest BCUT2D eigenvalue weighted by molar-refractivity contribution is 6.08. The number of carbonyl (C=O) groups excluding carboxylic acids is 4. The Labute approximate surface area is 255 Å². The number of carbonyl (C=O) groups is 4. The number of benzene rings is 3. The molecule has 3 aromatic carbocycles. The van der Waals surface area contributed by atoms with Crippen molar-refractivity contribution in [3.63, 3.8) is 0 Å². The van der Waals surface area contributed by atoms with Crippen LogP contribution in [-0.4, -0.2) is 61.4 Å². The summed E-state index contributed by atoms with van der Waals surface area (Å²) >= 11 is 0. The number of likely N-dealkylation sites (N-methyl/N-ethyl adjacent to an activating group) is 1. The fourth-order valence-electron chi connectivity index (χ4n) is 5.77. The maximum absolute atomic E-state index is 15.5. The summed E-state index contributed by atoms with van der Waals surface area (Å²) in [4.78, 5) is 53.9. The second-order valence-electron chi connectivity index (χ2n) is 10.9. The van der Waals surface area contributed by atoms with Crippen molar-refractivity contribution >= 4 is 35.1 Å². The topological polar surface area (TPSA) is 130 Å². The lowest BCUT2D eigenvalue weighted by Gasteiger charge is -2.30. The van der Waals surface area contributed by atoms with Gasteiger partial charge in [0.2, 0.25) is 0 Å². The molecule has 1 fully saturated rings. The molecule has 1 atom stereocenters. The van der Waals surface area contributed by atoms with Crippen molar-refractivity contribution < 1.29 is 41.8 Å². The molecule has 2 N–H and O–H groups in total. The van der Waals surface area contributed by atoms with Crippen molar-refractivity contribution in [1.82, 2.24) is 20.4 Å². The zero-order valence-corrected chi connectivity index (χ0v) is 24.3. The quantitative estimate of drug-likeness (QED) is 0.192. The van der Waals surface area contributed by atoms with E-state index < -0.39 is 35.0 Å². The summed E-state index contributed by atoms with van der Waals surface area (Å²) in [5.74, 6) is -3.20. The normalized spacial score (nSPS) is 17.6. The van der Waals surface area contributed by atoms with Gasteiger partial charge in [-0.1, -0.05) is 36.4 Å². The maximum Gasteiger partial charge on any atom is 0.327 e. The van der Waals surface area contributed by atoms with E-state index in [2.05, 4.69) is 10.6 Å². The van der Waals surface area contributed by atoms with Crippen molar-refractivity contribution in [2.45, 2.75) is 25.2 Å². The van der Waals surface area contributed by atoms with Gasteiger partial charge < -0.3 is 24.5 Å². The van der Waals surface area contributed by atoms with Gasteiger partial charge in [-0.2, -0.15) is 0 Å². The molecule has 0 aliphatic carbocycles. The van der Waals surface area contributed by atoms with Crippen LogP contribution in [0.4, 0.5) is 13.6 Å². The van der Waals surface area contributed by atoms with Crippen molar-refractivity contribution in [1.29, 1.82) is 0 Å². The van der Waals surface area contributed by atoms with E-state index in [-0.39, 0.29) is 61.2 Å². The molecular weight excluding hydrogens is 590 g/mol. The van der Waals surface area contributed by atoms with Crippen LogP contribution in [0.2, 0.25) is 0 Å². The molecule has 1 saturated heterocycles. The standard InChI is InChI=1S/C32H28F2N4O7/c1-37(13-19-8-9-23(43-2)26(33)22(19)14-39)16-32(24-11-20-10-21-12-35-29(40)25(21)27(34)28(20)45-24)30(41)38(31(42)36-32)17-44-15-18-6-4-3-5-7-18/h3-11,14H,12-13,15-17H2,1-2H3,(H,35,40)(H,36,42)/t32-/m0/s1. The van der Waals surface area contributed by atoms with Gasteiger partial charge in [0.1, 0.15) is 12.5 Å². The van der Waals surface area contributed by atoms with E-state index in [0.717, 1.165) is 10.5 Å². The number of nitrogens with zero attached hydrogens (tertiary/aromatic N) is 2. The van der Waals surface area contributed by atoms with Crippen molar-refractivity contribution in [2.75, 3.05) is 27.4 Å². The summed E-state index contributed by atoms with van der Waals surface area (Å²) in [5.41, 5.74) is -0.904. The van der Waals surface area contributed by atoms with Crippen molar-refractivity contribution in [3.8, 4) is 5.75 Å². The Kier molecular flexibility index (Phi) is 7.81. The van der Waals surface area contributed by atoms with Gasteiger partial charge in [-0.05, 0) is 41.9 Å². The van der Waals surface area contributed by atoms with Crippen molar-refractivity contribution in [2.24, 2.45) is 0 Å². The molecule has 0 bridgehead atoms. The zero-order valence-electron chi connectivity index (χ0n) is 24.3. The van der Waals surface area contributed by atoms with Crippen LogP contribution in [0.1, 0.15) is 43.2 Å². The number of fused-ring (bicyclic) bond motifs is 2. The van der Waals surface area contributed by atoms with Crippen LogP contribution in [0, 0.1) is 11.6 Å². The number of hydrogen-bond acceptors (Lipinski definition) is 8. The SMILES string of the molecule is COc1ccc(CN(C)C[C@@]2(c3cc4cc5c(c(F)c4o3)C(=O)NC5)NC(=O)N(COCc3ccccc3)C2=O)c(C=O)c1F. The third-order valence-corrected chi connectivity index (χ3v) is 7.94. The smallest absolute Gasteiger partial charge is 0.327 e. The minimum Gasteiger partial charge on any atom is -0.494 e. The van der Waals surface area contributed by atoms with E-state index in [4.69, 9.17) is 13.9 Å². The Morgan fingerprint density at radius 1 is 1.09 bits per heavy atom. The Hall–Kier alpha value is -5.14. The summed E-state index contributed by atoms with van der Waals surface area (Å²) in [6.45, 7) is -0.359. The number of urea groups is 1. The number of furan rings is 1. The molecule has 232 valence electrons. The third-order valence-electron chi connectivity index (χ3n) is 7.94. The number of methoxy groups -OCH3 is 1. The second-order valence-corrected chi connectivity index (χ2v) is 10.9. The molecular formula is C32H28F2N4O7. The minimum absolute atomic E-state index is 0.0204. The second kappa shape index (κ2) is 11.7. The molecule has 11 nitrogen and oxygen atoms in total. The van der Waals surface area contributed by atoms with Crippen LogP contribution < -0.4 is 15.4 Å². The summed E-state index contributed by atoms with van der Waals surface area (Å²) in [6, 6.07) is 14.4. The first-order valence-electron chi connectivity index (χ1n) is 13.9. The predicted octanol–water partition coefficient (Wildman–Crippen LogP) is 3.83. The summed E-state index contributed by atoms with van der Waals surface area (Å²) in [6.07, 6.45) is 0.377. The number of amides is 4. The summed E-state index contributed by atoms with van der Waals surface area (Å²) in [7, 11) is 2.89. The van der Waals surface area contributed by atoms with Crippen LogP contribution in [0.25, 0.3) is 11.0 Å². The Balaban J connectivity index is 1.35. The number of ether oxygens (including phenoxy) is 2. The molecule has 3 heterocycles. The van der Waals surface area contributed by atoms with Gasteiger partial charge in [-0.15, -0.1) is 0 Å². The molecule has 2 aliphatic rings. The lowest BCUT2D eigenvalue weighted by atomic mass is 9.94. The third kappa shape index (κ3) is 5.19. The first kappa shape index (κ1) is 29.9. The Bertz CT molecular complexity index is 1840. The molecule has 13 heteroatoms. The van der Waals surface area contributed by atoms with Crippen molar-refractivity contribution in [3.05, 3.63) is 99.8 Å². The lowest BCUT2D eigenvalue weighted by Crippen LogP contribution is -2.51. The number of rotatable bonds is 11. The fraction of sp³-hybridized carbons (Fsp3) is 0.250. The van der Waals surface area contributed by atoms with Gasteiger partial charge >= 0.3 is 6.03 Å². The number of aldehydes is 1.